The molecule has 1 N–H and O–H groups in total. The Hall–Kier alpha value is -3.42. The van der Waals surface area contributed by atoms with Crippen molar-refractivity contribution < 1.29 is 5.11 Å². The number of imidazole rings is 1. The van der Waals surface area contributed by atoms with Crippen LogP contribution in [0.15, 0.2) is 54.9 Å². The topological polar surface area (TPSA) is 61.8 Å². The molecule has 1 aromatic heterocycles. The molecule has 0 spiro atoms. The largest absolute Gasteiger partial charge is 0.392 e. The minimum absolute atomic E-state index is 0.0251. The molecule has 0 radical (unpaired) electrons. The first-order valence-electron chi connectivity index (χ1n) is 9.20. The molecular weight excluding hydrogens is 346 g/mol. The predicted octanol–water partition coefficient (Wildman–Crippen LogP) is 4.89. The van der Waals surface area contributed by atoms with Crippen molar-refractivity contribution in [2.45, 2.75) is 20.5 Å². The van der Waals surface area contributed by atoms with Crippen LogP contribution < -0.4 is 0 Å². The van der Waals surface area contributed by atoms with Crippen LogP contribution in [0.2, 0.25) is 0 Å². The summed E-state index contributed by atoms with van der Waals surface area (Å²) in [6, 6.07) is 18.2. The van der Waals surface area contributed by atoms with E-state index in [9.17, 15) is 10.4 Å². The van der Waals surface area contributed by atoms with Crippen molar-refractivity contribution in [2.24, 2.45) is 7.05 Å². The van der Waals surface area contributed by atoms with E-state index < -0.39 is 0 Å². The Kier molecular flexibility index (Phi) is 4.46. The van der Waals surface area contributed by atoms with Crippen LogP contribution >= 0.6 is 0 Å². The third-order valence-electron chi connectivity index (χ3n) is 5.25. The second-order valence-electron chi connectivity index (χ2n) is 7.13. The van der Waals surface area contributed by atoms with Crippen molar-refractivity contribution in [3.63, 3.8) is 0 Å². The van der Waals surface area contributed by atoms with E-state index in [2.05, 4.69) is 26.0 Å². The third kappa shape index (κ3) is 2.77. The van der Waals surface area contributed by atoms with Gasteiger partial charge in [-0.15, -0.1) is 0 Å². The summed E-state index contributed by atoms with van der Waals surface area (Å²) in [5, 5.41) is 21.0. The van der Waals surface area contributed by atoms with Crippen molar-refractivity contribution in [1.82, 2.24) is 9.55 Å². The zero-order valence-corrected chi connectivity index (χ0v) is 16.2. The Labute approximate surface area is 164 Å². The van der Waals surface area contributed by atoms with Crippen molar-refractivity contribution in [3.8, 4) is 28.6 Å². The average molecular weight is 367 g/mol. The van der Waals surface area contributed by atoms with E-state index in [-0.39, 0.29) is 6.61 Å². The van der Waals surface area contributed by atoms with E-state index in [1.165, 1.54) is 0 Å². The molecule has 4 aromatic rings. The van der Waals surface area contributed by atoms with Crippen molar-refractivity contribution in [1.29, 1.82) is 5.26 Å². The number of aromatic nitrogens is 2. The molecular formula is C24H21N3O. The molecule has 0 aliphatic carbocycles. The third-order valence-corrected chi connectivity index (χ3v) is 5.25. The van der Waals surface area contributed by atoms with Crippen LogP contribution in [-0.2, 0) is 13.7 Å². The summed E-state index contributed by atoms with van der Waals surface area (Å²) < 4.78 is 2.03. The fourth-order valence-corrected chi connectivity index (χ4v) is 4.05. The van der Waals surface area contributed by atoms with Crippen LogP contribution in [0.3, 0.4) is 0 Å². The summed E-state index contributed by atoms with van der Waals surface area (Å²) in [5.41, 5.74) is 7.81. The summed E-state index contributed by atoms with van der Waals surface area (Å²) in [6.07, 6.45) is 1.83. The zero-order chi connectivity index (χ0) is 19.8. The van der Waals surface area contributed by atoms with Gasteiger partial charge >= 0.3 is 0 Å². The first-order valence-corrected chi connectivity index (χ1v) is 9.20. The van der Waals surface area contributed by atoms with Crippen molar-refractivity contribution >= 4 is 10.8 Å². The monoisotopic (exact) mass is 367 g/mol. The lowest BCUT2D eigenvalue weighted by Crippen LogP contribution is -1.97. The van der Waals surface area contributed by atoms with Gasteiger partial charge in [0.1, 0.15) is 0 Å². The highest BCUT2D eigenvalue weighted by Gasteiger charge is 2.19. The van der Waals surface area contributed by atoms with Gasteiger partial charge in [0.2, 0.25) is 0 Å². The maximum Gasteiger partial charge on any atom is 0.0998 e. The highest BCUT2D eigenvalue weighted by atomic mass is 16.3. The Morgan fingerprint density at radius 2 is 1.71 bits per heavy atom. The molecule has 0 aliphatic rings. The second kappa shape index (κ2) is 6.95. The van der Waals surface area contributed by atoms with Crippen LogP contribution in [0, 0.1) is 25.2 Å². The predicted molar refractivity (Wildman–Crippen MR) is 112 cm³/mol. The molecule has 0 atom stereocenters. The molecule has 0 aliphatic heterocycles. The fraction of sp³-hybridized carbons (Fsp3) is 0.167. The van der Waals surface area contributed by atoms with E-state index in [0.29, 0.717) is 5.56 Å². The van der Waals surface area contributed by atoms with Gasteiger partial charge in [0, 0.05) is 23.6 Å². The molecule has 0 amide bonds. The van der Waals surface area contributed by atoms with Gasteiger partial charge in [-0.25, -0.2) is 4.98 Å². The molecule has 0 fully saturated rings. The maximum absolute atomic E-state index is 9.51. The Balaban J connectivity index is 2.03. The molecule has 0 unspecified atom stereocenters. The summed E-state index contributed by atoms with van der Waals surface area (Å²) >= 11 is 0. The SMILES string of the molecule is Cc1cc(CO)cc(C)c1-c1ncn(C)c1-c1ccc(C#N)c2ccccc12. The molecule has 4 rings (SSSR count). The van der Waals surface area contributed by atoms with Gasteiger partial charge in [-0.05, 0) is 42.0 Å². The van der Waals surface area contributed by atoms with Crippen LogP contribution in [0.1, 0.15) is 22.3 Å². The highest BCUT2D eigenvalue weighted by Crippen LogP contribution is 2.38. The van der Waals surface area contributed by atoms with Gasteiger partial charge in [0.15, 0.2) is 0 Å². The van der Waals surface area contributed by atoms with Gasteiger partial charge in [-0.3, -0.25) is 0 Å². The van der Waals surface area contributed by atoms with Crippen LogP contribution in [0.25, 0.3) is 33.3 Å². The minimum atomic E-state index is 0.0251. The number of aryl methyl sites for hydroxylation is 3. The van der Waals surface area contributed by atoms with E-state index in [1.54, 1.807) is 0 Å². The van der Waals surface area contributed by atoms with Crippen molar-refractivity contribution in [2.75, 3.05) is 0 Å². The number of hydrogen-bond acceptors (Lipinski definition) is 3. The lowest BCUT2D eigenvalue weighted by Gasteiger charge is -2.15. The first kappa shape index (κ1) is 18.0. The summed E-state index contributed by atoms with van der Waals surface area (Å²) in [7, 11) is 1.99. The number of aliphatic hydroxyl groups is 1. The van der Waals surface area contributed by atoms with Crippen LogP contribution in [0.5, 0.6) is 0 Å². The van der Waals surface area contributed by atoms with E-state index >= 15 is 0 Å². The normalized spacial score (nSPS) is 11.0. The van der Waals surface area contributed by atoms with E-state index in [0.717, 1.165) is 50.0 Å². The summed E-state index contributed by atoms with van der Waals surface area (Å²) in [4.78, 5) is 4.72. The molecule has 4 nitrogen and oxygen atoms in total. The standard InChI is InChI=1S/C24H21N3O/c1-15-10-17(13-28)11-16(2)22(15)23-24(27(3)14-26-23)21-9-8-18(12-25)19-6-4-5-7-20(19)21/h4-11,14,28H,13H2,1-3H3. The van der Waals surface area contributed by atoms with Gasteiger partial charge in [0.05, 0.1) is 36.0 Å². The minimum Gasteiger partial charge on any atom is -0.392 e. The number of hydrogen-bond donors (Lipinski definition) is 1. The van der Waals surface area contributed by atoms with Crippen LogP contribution in [-0.4, -0.2) is 14.7 Å². The number of rotatable bonds is 3. The van der Waals surface area contributed by atoms with Crippen molar-refractivity contribution in [3.05, 3.63) is 77.1 Å². The van der Waals surface area contributed by atoms with Gasteiger partial charge < -0.3 is 9.67 Å². The smallest absolute Gasteiger partial charge is 0.0998 e. The Bertz CT molecular complexity index is 1220. The lowest BCUT2D eigenvalue weighted by molar-refractivity contribution is 0.281. The second-order valence-corrected chi connectivity index (χ2v) is 7.13. The number of nitrogens with zero attached hydrogens (tertiary/aromatic N) is 3. The number of nitriles is 1. The number of aliphatic hydroxyl groups excluding tert-OH is 1. The quantitative estimate of drug-likeness (QED) is 0.561. The van der Waals surface area contributed by atoms with Gasteiger partial charge in [0.25, 0.3) is 0 Å². The van der Waals surface area contributed by atoms with Crippen LogP contribution in [0.4, 0.5) is 0 Å². The molecule has 28 heavy (non-hydrogen) atoms. The molecule has 3 aromatic carbocycles. The lowest BCUT2D eigenvalue weighted by atomic mass is 9.92. The summed E-state index contributed by atoms with van der Waals surface area (Å²) in [5.74, 6) is 0. The maximum atomic E-state index is 9.51. The van der Waals surface area contributed by atoms with Gasteiger partial charge in [-0.2, -0.15) is 5.26 Å². The Morgan fingerprint density at radius 1 is 1.04 bits per heavy atom. The fourth-order valence-electron chi connectivity index (χ4n) is 4.05. The number of benzene rings is 3. The molecule has 4 heteroatoms. The molecule has 0 saturated carbocycles. The van der Waals surface area contributed by atoms with E-state index in [1.807, 2.05) is 60.4 Å². The molecule has 0 bridgehead atoms. The molecule has 0 saturated heterocycles. The first-order chi connectivity index (χ1) is 13.5. The zero-order valence-electron chi connectivity index (χ0n) is 16.2. The summed E-state index contributed by atoms with van der Waals surface area (Å²) in [6.45, 7) is 4.13. The average Bonchev–Trinajstić information content (AvgIpc) is 3.07. The Morgan fingerprint density at radius 3 is 2.36 bits per heavy atom. The molecule has 138 valence electrons. The van der Waals surface area contributed by atoms with Gasteiger partial charge in [-0.1, -0.05) is 42.5 Å². The molecule has 1 heterocycles. The highest BCUT2D eigenvalue weighted by molar-refractivity contribution is 6.01. The van der Waals surface area contributed by atoms with E-state index in [4.69, 9.17) is 4.98 Å². The number of fused-ring (bicyclic) bond motifs is 1.